The van der Waals surface area contributed by atoms with Crippen LogP contribution in [-0.2, 0) is 6.54 Å². The fourth-order valence-corrected chi connectivity index (χ4v) is 2.25. The number of aromatic nitrogens is 3. The van der Waals surface area contributed by atoms with Crippen LogP contribution in [0.2, 0.25) is 0 Å². The van der Waals surface area contributed by atoms with E-state index in [-0.39, 0.29) is 11.6 Å². The molecule has 0 spiro atoms. The lowest BCUT2D eigenvalue weighted by atomic mass is 10.2. The van der Waals surface area contributed by atoms with Crippen LogP contribution in [0.1, 0.15) is 21.9 Å². The van der Waals surface area contributed by atoms with Crippen LogP contribution in [0.5, 0.6) is 0 Å². The zero-order chi connectivity index (χ0) is 18.5. The third-order valence-electron chi connectivity index (χ3n) is 3.44. The Morgan fingerprint density at radius 1 is 1.12 bits per heavy atom. The Morgan fingerprint density at radius 3 is 2.69 bits per heavy atom. The van der Waals surface area contributed by atoms with Crippen molar-refractivity contribution < 1.29 is 13.6 Å². The van der Waals surface area contributed by atoms with Crippen LogP contribution in [0, 0.1) is 18.6 Å². The van der Waals surface area contributed by atoms with Crippen LogP contribution >= 0.6 is 0 Å². The van der Waals surface area contributed by atoms with E-state index in [1.54, 1.807) is 25.4 Å². The lowest BCUT2D eigenvalue weighted by Gasteiger charge is -2.09. The van der Waals surface area contributed by atoms with Gasteiger partial charge in [0.15, 0.2) is 11.6 Å². The van der Waals surface area contributed by atoms with E-state index in [1.807, 2.05) is 6.07 Å². The molecule has 2 aromatic heterocycles. The number of aryl methyl sites for hydroxylation is 1. The fourth-order valence-electron chi connectivity index (χ4n) is 2.25. The summed E-state index contributed by atoms with van der Waals surface area (Å²) < 4.78 is 26.3. The van der Waals surface area contributed by atoms with E-state index in [9.17, 15) is 13.6 Å². The molecule has 0 saturated heterocycles. The number of carbonyl (C=O) groups is 1. The van der Waals surface area contributed by atoms with E-state index in [0.29, 0.717) is 23.9 Å². The van der Waals surface area contributed by atoms with Gasteiger partial charge in [0.1, 0.15) is 17.3 Å². The second-order valence-electron chi connectivity index (χ2n) is 5.48. The molecule has 0 saturated carbocycles. The van der Waals surface area contributed by atoms with Gasteiger partial charge in [0, 0.05) is 36.8 Å². The van der Waals surface area contributed by atoms with E-state index in [4.69, 9.17) is 0 Å². The first-order chi connectivity index (χ1) is 12.5. The summed E-state index contributed by atoms with van der Waals surface area (Å²) in [6.45, 7) is 1.94. The monoisotopic (exact) mass is 355 g/mol. The molecule has 0 aliphatic rings. The number of amides is 1. The maximum absolute atomic E-state index is 13.3. The van der Waals surface area contributed by atoms with Gasteiger partial charge >= 0.3 is 0 Å². The minimum Gasteiger partial charge on any atom is -0.347 e. The van der Waals surface area contributed by atoms with Crippen molar-refractivity contribution in [1.82, 2.24) is 20.3 Å². The van der Waals surface area contributed by atoms with Gasteiger partial charge in [-0.2, -0.15) is 0 Å². The minimum atomic E-state index is -0.977. The molecule has 0 unspecified atom stereocenters. The lowest BCUT2D eigenvalue weighted by Crippen LogP contribution is -2.24. The van der Waals surface area contributed by atoms with Crippen LogP contribution < -0.4 is 10.6 Å². The van der Waals surface area contributed by atoms with Crippen molar-refractivity contribution >= 4 is 17.4 Å². The minimum absolute atomic E-state index is 0.159. The van der Waals surface area contributed by atoms with E-state index < -0.39 is 11.6 Å². The van der Waals surface area contributed by atoms with Crippen molar-refractivity contribution in [2.75, 3.05) is 5.32 Å². The first kappa shape index (κ1) is 17.4. The molecule has 0 radical (unpaired) electrons. The summed E-state index contributed by atoms with van der Waals surface area (Å²) in [6, 6.07) is 8.45. The van der Waals surface area contributed by atoms with Crippen molar-refractivity contribution in [2.45, 2.75) is 13.5 Å². The number of hydrogen-bond donors (Lipinski definition) is 2. The van der Waals surface area contributed by atoms with Crippen molar-refractivity contribution in [3.05, 3.63) is 77.5 Å². The van der Waals surface area contributed by atoms with Crippen LogP contribution in [0.15, 0.2) is 48.8 Å². The molecule has 1 aromatic carbocycles. The smallest absolute Gasteiger partial charge is 0.270 e. The first-order valence-corrected chi connectivity index (χ1v) is 7.76. The van der Waals surface area contributed by atoms with Gasteiger partial charge in [-0.05, 0) is 30.7 Å². The summed E-state index contributed by atoms with van der Waals surface area (Å²) in [6.07, 6.45) is 3.30. The summed E-state index contributed by atoms with van der Waals surface area (Å²) in [5, 5.41) is 5.58. The summed E-state index contributed by atoms with van der Waals surface area (Å²) in [5.41, 5.74) is 1.32. The molecule has 26 heavy (non-hydrogen) atoms. The number of anilines is 2. The normalized spacial score (nSPS) is 10.4. The topological polar surface area (TPSA) is 79.8 Å². The van der Waals surface area contributed by atoms with Gasteiger partial charge in [0.2, 0.25) is 0 Å². The maximum Gasteiger partial charge on any atom is 0.270 e. The Bertz CT molecular complexity index is 934. The van der Waals surface area contributed by atoms with Gasteiger partial charge in [-0.1, -0.05) is 6.07 Å². The molecule has 3 aromatic rings. The van der Waals surface area contributed by atoms with Gasteiger partial charge in [0.05, 0.1) is 0 Å². The third-order valence-corrected chi connectivity index (χ3v) is 3.44. The number of halogens is 2. The number of nitrogens with one attached hydrogen (secondary N) is 2. The Hall–Kier alpha value is -3.42. The molecule has 1 amide bonds. The fraction of sp³-hybridized carbons (Fsp3) is 0.111. The molecular weight excluding hydrogens is 340 g/mol. The zero-order valence-electron chi connectivity index (χ0n) is 13.8. The summed E-state index contributed by atoms with van der Waals surface area (Å²) in [4.78, 5) is 24.6. The summed E-state index contributed by atoms with van der Waals surface area (Å²) >= 11 is 0. The molecule has 8 heteroatoms. The molecule has 2 N–H and O–H groups in total. The van der Waals surface area contributed by atoms with Crippen molar-refractivity contribution in [3.63, 3.8) is 0 Å². The molecule has 0 bridgehead atoms. The molecule has 6 nitrogen and oxygen atoms in total. The average Bonchev–Trinajstić information content (AvgIpc) is 2.63. The van der Waals surface area contributed by atoms with E-state index >= 15 is 0 Å². The predicted octanol–water partition coefficient (Wildman–Crippen LogP) is 3.13. The van der Waals surface area contributed by atoms with Crippen LogP contribution in [0.25, 0.3) is 0 Å². The number of benzene rings is 1. The molecule has 132 valence electrons. The predicted molar refractivity (Wildman–Crippen MR) is 91.8 cm³/mol. The Balaban J connectivity index is 1.74. The standard InChI is InChI=1S/C18H15F2N5O/c1-11-23-16(18(26)22-10-12-3-2-6-21-9-12)8-17(24-11)25-13-4-5-14(19)15(20)7-13/h2-9H,10H2,1H3,(H,22,26)(H,23,24,25). The number of rotatable bonds is 5. The van der Waals surface area contributed by atoms with Gasteiger partial charge in [0.25, 0.3) is 5.91 Å². The second kappa shape index (κ2) is 7.64. The molecule has 0 atom stereocenters. The Labute approximate surface area is 148 Å². The zero-order valence-corrected chi connectivity index (χ0v) is 13.8. The number of pyridine rings is 1. The van der Waals surface area contributed by atoms with Gasteiger partial charge in [-0.3, -0.25) is 9.78 Å². The average molecular weight is 355 g/mol. The third kappa shape index (κ3) is 4.35. The molecule has 0 fully saturated rings. The molecule has 0 aliphatic heterocycles. The molecule has 2 heterocycles. The summed E-state index contributed by atoms with van der Waals surface area (Å²) in [5.74, 6) is -1.63. The number of hydrogen-bond acceptors (Lipinski definition) is 5. The van der Waals surface area contributed by atoms with E-state index in [1.165, 1.54) is 12.1 Å². The highest BCUT2D eigenvalue weighted by Gasteiger charge is 2.11. The van der Waals surface area contributed by atoms with Gasteiger partial charge in [-0.15, -0.1) is 0 Å². The van der Waals surface area contributed by atoms with Gasteiger partial charge in [-0.25, -0.2) is 18.7 Å². The van der Waals surface area contributed by atoms with Crippen LogP contribution in [0.3, 0.4) is 0 Å². The SMILES string of the molecule is Cc1nc(Nc2ccc(F)c(F)c2)cc(C(=O)NCc2cccnc2)n1. The molecule has 3 rings (SSSR count). The Kier molecular flexibility index (Phi) is 5.12. The summed E-state index contributed by atoms with van der Waals surface area (Å²) in [7, 11) is 0. The molecular formula is C18H15F2N5O. The lowest BCUT2D eigenvalue weighted by molar-refractivity contribution is 0.0945. The van der Waals surface area contributed by atoms with Crippen molar-refractivity contribution in [1.29, 1.82) is 0 Å². The highest BCUT2D eigenvalue weighted by Crippen LogP contribution is 2.18. The highest BCUT2D eigenvalue weighted by molar-refractivity contribution is 5.93. The van der Waals surface area contributed by atoms with Crippen molar-refractivity contribution in [3.8, 4) is 0 Å². The van der Waals surface area contributed by atoms with E-state index in [2.05, 4.69) is 25.6 Å². The maximum atomic E-state index is 13.3. The number of carbonyl (C=O) groups excluding carboxylic acids is 1. The Morgan fingerprint density at radius 2 is 1.96 bits per heavy atom. The van der Waals surface area contributed by atoms with Crippen LogP contribution in [-0.4, -0.2) is 20.9 Å². The van der Waals surface area contributed by atoms with Gasteiger partial charge < -0.3 is 10.6 Å². The molecule has 0 aliphatic carbocycles. The number of nitrogens with zero attached hydrogens (tertiary/aromatic N) is 3. The van der Waals surface area contributed by atoms with Crippen molar-refractivity contribution in [2.24, 2.45) is 0 Å². The highest BCUT2D eigenvalue weighted by atomic mass is 19.2. The quantitative estimate of drug-likeness (QED) is 0.735. The van der Waals surface area contributed by atoms with E-state index in [0.717, 1.165) is 17.7 Å². The second-order valence-corrected chi connectivity index (χ2v) is 5.48. The van der Waals surface area contributed by atoms with Crippen LogP contribution in [0.4, 0.5) is 20.3 Å². The first-order valence-electron chi connectivity index (χ1n) is 7.76. The largest absolute Gasteiger partial charge is 0.347 e.